The zero-order valence-corrected chi connectivity index (χ0v) is 16.3. The van der Waals surface area contributed by atoms with Gasteiger partial charge in [-0.2, -0.15) is 0 Å². The second-order valence-electron chi connectivity index (χ2n) is 7.68. The molecule has 1 N–H and O–H groups in total. The Morgan fingerprint density at radius 1 is 1.13 bits per heavy atom. The number of pyridine rings is 1. The van der Waals surface area contributed by atoms with Crippen molar-refractivity contribution in [3.8, 4) is 0 Å². The summed E-state index contributed by atoms with van der Waals surface area (Å²) in [6, 6.07) is 16.6. The Bertz CT molecular complexity index is 1120. The summed E-state index contributed by atoms with van der Waals surface area (Å²) in [5, 5.41) is 2.84. The first-order valence-corrected chi connectivity index (χ1v) is 10.1. The Kier molecular flexibility index (Phi) is 4.75. The Morgan fingerprint density at radius 3 is 2.80 bits per heavy atom. The molecule has 6 heteroatoms. The van der Waals surface area contributed by atoms with E-state index >= 15 is 0 Å². The van der Waals surface area contributed by atoms with Crippen LogP contribution in [0.25, 0.3) is 0 Å². The number of carbonyl (C=O) groups excluding carboxylic acids is 1. The van der Waals surface area contributed by atoms with Gasteiger partial charge < -0.3 is 10.2 Å². The lowest BCUT2D eigenvalue weighted by Gasteiger charge is -2.19. The maximum atomic E-state index is 14.8. The number of hydrogen-bond acceptors (Lipinski definition) is 4. The molecule has 2 atom stereocenters. The van der Waals surface area contributed by atoms with Gasteiger partial charge in [-0.1, -0.05) is 18.2 Å². The summed E-state index contributed by atoms with van der Waals surface area (Å²) >= 11 is 0. The van der Waals surface area contributed by atoms with Crippen molar-refractivity contribution < 1.29 is 9.18 Å². The summed E-state index contributed by atoms with van der Waals surface area (Å²) < 4.78 is 14.8. The molecule has 1 fully saturated rings. The SMILES string of the molecule is O=C1Nc2ccccc2C1C=Nc1ccc(N2CCC(c3ccncc3)C2)c(F)c1. The number of amides is 1. The van der Waals surface area contributed by atoms with Crippen molar-refractivity contribution >= 4 is 29.2 Å². The molecule has 0 aliphatic carbocycles. The lowest BCUT2D eigenvalue weighted by molar-refractivity contribution is -0.115. The van der Waals surface area contributed by atoms with E-state index in [4.69, 9.17) is 0 Å². The van der Waals surface area contributed by atoms with Gasteiger partial charge in [0.1, 0.15) is 11.7 Å². The standard InChI is InChI=1S/C24H21FN4O/c25-21-13-18(27-14-20-19-3-1-2-4-22(19)28-24(20)30)5-6-23(21)29-12-9-17(15-29)16-7-10-26-11-8-16/h1-8,10-11,13-14,17,20H,9,12,15H2,(H,28,30). The number of carbonyl (C=O) groups is 1. The highest BCUT2D eigenvalue weighted by Crippen LogP contribution is 2.34. The largest absolute Gasteiger partial charge is 0.369 e. The van der Waals surface area contributed by atoms with Gasteiger partial charge in [-0.15, -0.1) is 0 Å². The van der Waals surface area contributed by atoms with Crippen LogP contribution in [0.2, 0.25) is 0 Å². The number of nitrogens with one attached hydrogen (secondary N) is 1. The topological polar surface area (TPSA) is 57.6 Å². The van der Waals surface area contributed by atoms with Gasteiger partial charge in [-0.25, -0.2) is 4.39 Å². The predicted octanol–water partition coefficient (Wildman–Crippen LogP) is 4.65. The molecular weight excluding hydrogens is 379 g/mol. The summed E-state index contributed by atoms with van der Waals surface area (Å²) in [5.41, 5.74) is 4.03. The lowest BCUT2D eigenvalue weighted by atomic mass is 10.00. The van der Waals surface area contributed by atoms with Gasteiger partial charge in [0, 0.05) is 49.4 Å². The number of halogens is 1. The molecule has 0 spiro atoms. The molecule has 3 heterocycles. The first kappa shape index (κ1) is 18.5. The van der Waals surface area contributed by atoms with Gasteiger partial charge in [-0.05, 0) is 47.9 Å². The van der Waals surface area contributed by atoms with E-state index in [1.807, 2.05) is 36.4 Å². The van der Waals surface area contributed by atoms with Crippen LogP contribution in [0.4, 0.5) is 21.5 Å². The number of hydrogen-bond donors (Lipinski definition) is 1. The van der Waals surface area contributed by atoms with E-state index < -0.39 is 5.92 Å². The van der Waals surface area contributed by atoms with E-state index in [2.05, 4.69) is 20.2 Å². The van der Waals surface area contributed by atoms with Crippen LogP contribution in [-0.4, -0.2) is 30.2 Å². The van der Waals surface area contributed by atoms with E-state index in [0.29, 0.717) is 17.3 Å². The molecule has 1 aromatic heterocycles. The van der Waals surface area contributed by atoms with Gasteiger partial charge >= 0.3 is 0 Å². The van der Waals surface area contributed by atoms with Gasteiger partial charge in [0.15, 0.2) is 0 Å². The third-order valence-corrected chi connectivity index (χ3v) is 5.85. The molecule has 1 saturated heterocycles. The van der Waals surface area contributed by atoms with E-state index in [9.17, 15) is 9.18 Å². The fourth-order valence-electron chi connectivity index (χ4n) is 4.26. The number of rotatable bonds is 4. The van der Waals surface area contributed by atoms with E-state index in [1.165, 1.54) is 11.6 Å². The molecule has 2 aromatic carbocycles. The smallest absolute Gasteiger partial charge is 0.237 e. The van der Waals surface area contributed by atoms with Crippen molar-refractivity contribution in [2.75, 3.05) is 23.3 Å². The molecule has 0 saturated carbocycles. The van der Waals surface area contributed by atoms with Crippen LogP contribution in [-0.2, 0) is 4.79 Å². The zero-order chi connectivity index (χ0) is 20.5. The van der Waals surface area contributed by atoms with Crippen molar-refractivity contribution in [1.82, 2.24) is 4.98 Å². The van der Waals surface area contributed by atoms with Gasteiger partial charge in [0.25, 0.3) is 0 Å². The van der Waals surface area contributed by atoms with Crippen LogP contribution in [0, 0.1) is 5.82 Å². The summed E-state index contributed by atoms with van der Waals surface area (Å²) in [5.74, 6) is -0.484. The third-order valence-electron chi connectivity index (χ3n) is 5.85. The van der Waals surface area contributed by atoms with Gasteiger partial charge in [0.05, 0.1) is 11.4 Å². The minimum atomic E-state index is -0.455. The van der Waals surface area contributed by atoms with Gasteiger partial charge in [-0.3, -0.25) is 14.8 Å². The Balaban J connectivity index is 1.31. The number of fused-ring (bicyclic) bond motifs is 1. The highest BCUT2D eigenvalue weighted by molar-refractivity contribution is 6.12. The number of benzene rings is 2. The Labute approximate surface area is 174 Å². The summed E-state index contributed by atoms with van der Waals surface area (Å²) in [6.45, 7) is 1.59. The summed E-state index contributed by atoms with van der Waals surface area (Å²) in [7, 11) is 0. The zero-order valence-electron chi connectivity index (χ0n) is 16.3. The highest BCUT2D eigenvalue weighted by atomic mass is 19.1. The third kappa shape index (κ3) is 3.45. The Hall–Kier alpha value is -3.54. The average molecular weight is 400 g/mol. The maximum Gasteiger partial charge on any atom is 0.237 e. The minimum Gasteiger partial charge on any atom is -0.369 e. The molecule has 0 bridgehead atoms. The van der Waals surface area contributed by atoms with Crippen molar-refractivity contribution in [2.45, 2.75) is 18.3 Å². The second kappa shape index (κ2) is 7.71. The molecule has 150 valence electrons. The quantitative estimate of drug-likeness (QED) is 0.649. The van der Waals surface area contributed by atoms with E-state index in [-0.39, 0.29) is 11.7 Å². The monoisotopic (exact) mass is 400 g/mol. The van der Waals surface area contributed by atoms with Crippen LogP contribution in [0.1, 0.15) is 29.4 Å². The molecule has 5 nitrogen and oxygen atoms in total. The first-order chi connectivity index (χ1) is 14.7. The predicted molar refractivity (Wildman–Crippen MR) is 116 cm³/mol. The fourth-order valence-corrected chi connectivity index (χ4v) is 4.26. The van der Waals surface area contributed by atoms with Crippen molar-refractivity contribution in [1.29, 1.82) is 0 Å². The molecule has 0 radical (unpaired) electrons. The average Bonchev–Trinajstić information content (AvgIpc) is 3.37. The fraction of sp³-hybridized carbons (Fsp3) is 0.208. The number of aromatic nitrogens is 1. The van der Waals surface area contributed by atoms with Crippen molar-refractivity contribution in [2.24, 2.45) is 4.99 Å². The normalized spacial score (nSPS) is 20.6. The highest BCUT2D eigenvalue weighted by Gasteiger charge is 2.29. The minimum absolute atomic E-state index is 0.115. The van der Waals surface area contributed by atoms with Crippen LogP contribution in [0.3, 0.4) is 0 Å². The lowest BCUT2D eigenvalue weighted by Crippen LogP contribution is -2.20. The molecule has 1 amide bonds. The van der Waals surface area contributed by atoms with E-state index in [0.717, 1.165) is 30.8 Å². The number of para-hydroxylation sites is 1. The van der Waals surface area contributed by atoms with E-state index in [1.54, 1.807) is 30.7 Å². The van der Waals surface area contributed by atoms with Crippen LogP contribution in [0.5, 0.6) is 0 Å². The molecule has 3 aromatic rings. The number of anilines is 2. The molecule has 2 unspecified atom stereocenters. The first-order valence-electron chi connectivity index (χ1n) is 10.1. The molecular formula is C24H21FN4O. The molecule has 5 rings (SSSR count). The summed E-state index contributed by atoms with van der Waals surface area (Å²) in [4.78, 5) is 22.7. The molecule has 2 aliphatic heterocycles. The Morgan fingerprint density at radius 2 is 1.97 bits per heavy atom. The van der Waals surface area contributed by atoms with Crippen LogP contribution >= 0.6 is 0 Å². The molecule has 30 heavy (non-hydrogen) atoms. The number of nitrogens with zero attached hydrogens (tertiary/aromatic N) is 3. The number of aliphatic imine (C=N–C) groups is 1. The maximum absolute atomic E-state index is 14.8. The summed E-state index contributed by atoms with van der Waals surface area (Å²) in [6.07, 6.45) is 6.17. The van der Waals surface area contributed by atoms with Gasteiger partial charge in [0.2, 0.25) is 5.91 Å². The van der Waals surface area contributed by atoms with Crippen molar-refractivity contribution in [3.63, 3.8) is 0 Å². The molecule has 2 aliphatic rings. The second-order valence-corrected chi connectivity index (χ2v) is 7.68. The van der Waals surface area contributed by atoms with Crippen LogP contribution < -0.4 is 10.2 Å². The van der Waals surface area contributed by atoms with Crippen LogP contribution in [0.15, 0.2) is 72.0 Å². The van der Waals surface area contributed by atoms with Crippen molar-refractivity contribution in [3.05, 3.63) is 83.9 Å².